The van der Waals surface area contributed by atoms with Crippen LogP contribution in [0.25, 0.3) is 11.1 Å². The largest absolute Gasteiger partial charge is 0.494 e. The average molecular weight is 318 g/mol. The summed E-state index contributed by atoms with van der Waals surface area (Å²) < 4.78 is 49.5. The maximum Gasteiger partial charge on any atom is 0.417 e. The third-order valence-corrected chi connectivity index (χ3v) is 3.08. The molecule has 0 aliphatic rings. The van der Waals surface area contributed by atoms with Gasteiger partial charge in [0.15, 0.2) is 0 Å². The first-order chi connectivity index (χ1) is 9.86. The van der Waals surface area contributed by atoms with Gasteiger partial charge >= 0.3 is 6.18 Å². The predicted octanol–water partition coefficient (Wildman–Crippen LogP) is 4.44. The first kappa shape index (κ1) is 15.4. The molecular formula is C14H11ClF3NO2. The van der Waals surface area contributed by atoms with Crippen LogP contribution in [0.1, 0.15) is 5.56 Å². The van der Waals surface area contributed by atoms with E-state index in [1.54, 1.807) is 0 Å². The molecule has 0 N–H and O–H groups in total. The number of benzene rings is 1. The third kappa shape index (κ3) is 3.21. The normalized spacial score (nSPS) is 11.3. The van der Waals surface area contributed by atoms with Gasteiger partial charge in [0.2, 0.25) is 5.88 Å². The fourth-order valence-corrected chi connectivity index (χ4v) is 2.07. The minimum atomic E-state index is -4.51. The average Bonchev–Trinajstić information content (AvgIpc) is 2.45. The van der Waals surface area contributed by atoms with Crippen molar-refractivity contribution >= 4 is 11.6 Å². The van der Waals surface area contributed by atoms with Gasteiger partial charge in [-0.05, 0) is 23.8 Å². The third-order valence-electron chi connectivity index (χ3n) is 2.85. The summed E-state index contributed by atoms with van der Waals surface area (Å²) in [6.45, 7) is 0. The standard InChI is InChI=1S/C14H11ClF3NO2/c1-20-12-7-19-13(21-2)6-10(12)9-5-8(15)3-4-11(9)14(16,17)18/h3-7H,1-2H3. The smallest absolute Gasteiger partial charge is 0.417 e. The summed E-state index contributed by atoms with van der Waals surface area (Å²) in [7, 11) is 2.73. The van der Waals surface area contributed by atoms with E-state index >= 15 is 0 Å². The summed E-state index contributed by atoms with van der Waals surface area (Å²) in [5.41, 5.74) is -0.690. The van der Waals surface area contributed by atoms with E-state index in [0.29, 0.717) is 0 Å². The van der Waals surface area contributed by atoms with Crippen LogP contribution in [0.4, 0.5) is 13.2 Å². The quantitative estimate of drug-likeness (QED) is 0.838. The van der Waals surface area contributed by atoms with Crippen molar-refractivity contribution in [2.45, 2.75) is 6.18 Å². The Bertz CT molecular complexity index is 659. The van der Waals surface area contributed by atoms with E-state index in [9.17, 15) is 13.2 Å². The van der Waals surface area contributed by atoms with Crippen molar-refractivity contribution in [2.75, 3.05) is 14.2 Å². The van der Waals surface area contributed by atoms with Crippen molar-refractivity contribution in [1.82, 2.24) is 4.98 Å². The molecule has 7 heteroatoms. The van der Waals surface area contributed by atoms with Crippen LogP contribution in [-0.2, 0) is 6.18 Å². The van der Waals surface area contributed by atoms with E-state index in [1.807, 2.05) is 0 Å². The van der Waals surface area contributed by atoms with Crippen LogP contribution in [0.5, 0.6) is 11.6 Å². The second-order valence-corrected chi connectivity index (χ2v) is 4.55. The van der Waals surface area contributed by atoms with Crippen molar-refractivity contribution in [3.63, 3.8) is 0 Å². The summed E-state index contributed by atoms with van der Waals surface area (Å²) in [5, 5.41) is 0.191. The minimum Gasteiger partial charge on any atom is -0.494 e. The van der Waals surface area contributed by atoms with Gasteiger partial charge in [-0.25, -0.2) is 4.98 Å². The highest BCUT2D eigenvalue weighted by Crippen LogP contribution is 2.42. The van der Waals surface area contributed by atoms with E-state index in [-0.39, 0.29) is 27.8 Å². The zero-order chi connectivity index (χ0) is 15.6. The molecular weight excluding hydrogens is 307 g/mol. The number of rotatable bonds is 3. The summed E-state index contributed by atoms with van der Waals surface area (Å²) in [6.07, 6.45) is -3.21. The van der Waals surface area contributed by atoms with Gasteiger partial charge in [-0.3, -0.25) is 0 Å². The summed E-state index contributed by atoms with van der Waals surface area (Å²) >= 11 is 5.83. The highest BCUT2D eigenvalue weighted by molar-refractivity contribution is 6.30. The van der Waals surface area contributed by atoms with Gasteiger partial charge in [0.05, 0.1) is 26.0 Å². The van der Waals surface area contributed by atoms with Gasteiger partial charge in [0, 0.05) is 16.7 Å². The van der Waals surface area contributed by atoms with Crippen LogP contribution < -0.4 is 9.47 Å². The van der Waals surface area contributed by atoms with Gasteiger partial charge in [0.25, 0.3) is 0 Å². The molecule has 21 heavy (non-hydrogen) atoms. The lowest BCUT2D eigenvalue weighted by Crippen LogP contribution is -2.07. The van der Waals surface area contributed by atoms with Crippen LogP contribution in [-0.4, -0.2) is 19.2 Å². The Kier molecular flexibility index (Phi) is 4.27. The summed E-state index contributed by atoms with van der Waals surface area (Å²) in [4.78, 5) is 3.91. The van der Waals surface area contributed by atoms with E-state index in [4.69, 9.17) is 21.1 Å². The topological polar surface area (TPSA) is 31.4 Å². The zero-order valence-corrected chi connectivity index (χ0v) is 11.9. The number of hydrogen-bond donors (Lipinski definition) is 0. The Morgan fingerprint density at radius 3 is 2.33 bits per heavy atom. The zero-order valence-electron chi connectivity index (χ0n) is 11.2. The lowest BCUT2D eigenvalue weighted by molar-refractivity contribution is -0.137. The number of hydrogen-bond acceptors (Lipinski definition) is 3. The Balaban J connectivity index is 2.73. The maximum absolute atomic E-state index is 13.2. The SMILES string of the molecule is COc1cc(-c2cc(Cl)ccc2C(F)(F)F)c(OC)cn1. The number of pyridine rings is 1. The molecule has 0 atom stereocenters. The molecule has 112 valence electrons. The van der Waals surface area contributed by atoms with Crippen LogP contribution in [0, 0.1) is 0 Å². The molecule has 0 radical (unpaired) electrons. The monoisotopic (exact) mass is 317 g/mol. The Morgan fingerprint density at radius 1 is 1.05 bits per heavy atom. The lowest BCUT2D eigenvalue weighted by Gasteiger charge is -2.16. The Labute approximate surface area is 124 Å². The predicted molar refractivity (Wildman–Crippen MR) is 72.8 cm³/mol. The Morgan fingerprint density at radius 2 is 1.76 bits per heavy atom. The van der Waals surface area contributed by atoms with E-state index < -0.39 is 11.7 Å². The van der Waals surface area contributed by atoms with Gasteiger partial charge in [0.1, 0.15) is 5.75 Å². The van der Waals surface area contributed by atoms with Crippen molar-refractivity contribution in [3.8, 4) is 22.8 Å². The lowest BCUT2D eigenvalue weighted by atomic mass is 9.99. The number of halogens is 4. The second-order valence-electron chi connectivity index (χ2n) is 4.11. The Hall–Kier alpha value is -1.95. The number of aromatic nitrogens is 1. The number of nitrogens with zero attached hydrogens (tertiary/aromatic N) is 1. The van der Waals surface area contributed by atoms with Crippen molar-refractivity contribution in [3.05, 3.63) is 41.0 Å². The number of ether oxygens (including phenoxy) is 2. The molecule has 0 aliphatic heterocycles. The number of alkyl halides is 3. The van der Waals surface area contributed by atoms with Crippen LogP contribution in [0.15, 0.2) is 30.5 Å². The first-order valence-corrected chi connectivity index (χ1v) is 6.19. The molecule has 1 aromatic heterocycles. The molecule has 3 nitrogen and oxygen atoms in total. The van der Waals surface area contributed by atoms with Gasteiger partial charge < -0.3 is 9.47 Å². The second kappa shape index (κ2) is 5.81. The maximum atomic E-state index is 13.2. The van der Waals surface area contributed by atoms with Crippen LogP contribution >= 0.6 is 11.6 Å². The van der Waals surface area contributed by atoms with E-state index in [1.165, 1.54) is 38.6 Å². The molecule has 1 aromatic carbocycles. The van der Waals surface area contributed by atoms with Gasteiger partial charge in [-0.1, -0.05) is 11.6 Å². The highest BCUT2D eigenvalue weighted by Gasteiger charge is 2.34. The first-order valence-electron chi connectivity index (χ1n) is 5.82. The molecule has 0 aliphatic carbocycles. The fraction of sp³-hybridized carbons (Fsp3) is 0.214. The molecule has 1 heterocycles. The molecule has 0 unspecified atom stereocenters. The molecule has 0 saturated heterocycles. The van der Waals surface area contributed by atoms with Gasteiger partial charge in [-0.15, -0.1) is 0 Å². The van der Waals surface area contributed by atoms with Gasteiger partial charge in [-0.2, -0.15) is 13.2 Å². The van der Waals surface area contributed by atoms with E-state index in [2.05, 4.69) is 4.98 Å². The fourth-order valence-electron chi connectivity index (χ4n) is 1.89. The van der Waals surface area contributed by atoms with E-state index in [0.717, 1.165) is 6.07 Å². The summed E-state index contributed by atoms with van der Waals surface area (Å²) in [5.74, 6) is 0.377. The van der Waals surface area contributed by atoms with Crippen LogP contribution in [0.3, 0.4) is 0 Å². The highest BCUT2D eigenvalue weighted by atomic mass is 35.5. The molecule has 0 saturated carbocycles. The minimum absolute atomic E-state index is 0.0902. The van der Waals surface area contributed by atoms with Crippen molar-refractivity contribution < 1.29 is 22.6 Å². The number of methoxy groups -OCH3 is 2. The summed E-state index contributed by atoms with van der Waals surface area (Å²) in [6, 6.07) is 4.74. The molecule has 0 fully saturated rings. The molecule has 0 spiro atoms. The van der Waals surface area contributed by atoms with Crippen molar-refractivity contribution in [1.29, 1.82) is 0 Å². The molecule has 0 amide bonds. The van der Waals surface area contributed by atoms with Crippen LogP contribution in [0.2, 0.25) is 5.02 Å². The molecule has 0 bridgehead atoms. The van der Waals surface area contributed by atoms with Crippen molar-refractivity contribution in [2.24, 2.45) is 0 Å². The molecule has 2 aromatic rings. The molecule has 2 rings (SSSR count).